The Morgan fingerprint density at radius 2 is 2.15 bits per heavy atom. The molecular formula is C14H18FN3O2. The van der Waals surface area contributed by atoms with Gasteiger partial charge < -0.3 is 10.2 Å². The maximum absolute atomic E-state index is 13.6. The van der Waals surface area contributed by atoms with Gasteiger partial charge in [0, 0.05) is 12.2 Å². The Labute approximate surface area is 117 Å². The van der Waals surface area contributed by atoms with Gasteiger partial charge in [-0.15, -0.1) is 0 Å². The highest BCUT2D eigenvalue weighted by Gasteiger charge is 2.29. The van der Waals surface area contributed by atoms with Crippen molar-refractivity contribution in [1.82, 2.24) is 9.80 Å². The van der Waals surface area contributed by atoms with Crippen molar-refractivity contribution in [2.45, 2.75) is 20.3 Å². The zero-order valence-corrected chi connectivity index (χ0v) is 11.6. The van der Waals surface area contributed by atoms with Crippen LogP contribution in [0, 0.1) is 5.82 Å². The summed E-state index contributed by atoms with van der Waals surface area (Å²) in [5.41, 5.74) is 1.00. The van der Waals surface area contributed by atoms with E-state index in [1.165, 1.54) is 11.0 Å². The maximum atomic E-state index is 13.6. The van der Waals surface area contributed by atoms with Gasteiger partial charge in [-0.2, -0.15) is 0 Å². The molecule has 0 radical (unpaired) electrons. The van der Waals surface area contributed by atoms with E-state index in [0.29, 0.717) is 24.2 Å². The molecule has 0 aromatic heterocycles. The van der Waals surface area contributed by atoms with E-state index >= 15 is 0 Å². The van der Waals surface area contributed by atoms with Gasteiger partial charge in [0.15, 0.2) is 0 Å². The number of aryl methyl sites for hydroxylation is 1. The first-order valence-electron chi connectivity index (χ1n) is 6.67. The fourth-order valence-electron chi connectivity index (χ4n) is 2.12. The van der Waals surface area contributed by atoms with Crippen molar-refractivity contribution in [3.8, 4) is 0 Å². The summed E-state index contributed by atoms with van der Waals surface area (Å²) in [6, 6.07) is 4.22. The van der Waals surface area contributed by atoms with Crippen LogP contribution in [0.1, 0.15) is 19.4 Å². The van der Waals surface area contributed by atoms with Gasteiger partial charge in [-0.25, -0.2) is 9.18 Å². The average Bonchev–Trinajstić information content (AvgIpc) is 2.80. The number of likely N-dealkylation sites (N-methyl/N-ethyl adjacent to an activating group) is 1. The lowest BCUT2D eigenvalue weighted by Crippen LogP contribution is -2.34. The fourth-order valence-corrected chi connectivity index (χ4v) is 2.12. The van der Waals surface area contributed by atoms with Gasteiger partial charge in [-0.05, 0) is 31.0 Å². The lowest BCUT2D eigenvalue weighted by Gasteiger charge is -2.17. The normalized spacial score (nSPS) is 14.8. The molecule has 20 heavy (non-hydrogen) atoms. The van der Waals surface area contributed by atoms with Crippen LogP contribution in [0.2, 0.25) is 0 Å². The van der Waals surface area contributed by atoms with Gasteiger partial charge in [-0.1, -0.05) is 13.0 Å². The third kappa shape index (κ3) is 2.89. The number of carbonyl (C=O) groups excluding carboxylic acids is 2. The number of amides is 3. The van der Waals surface area contributed by atoms with Crippen LogP contribution in [-0.2, 0) is 11.2 Å². The molecule has 1 saturated heterocycles. The van der Waals surface area contributed by atoms with Crippen LogP contribution in [0.5, 0.6) is 0 Å². The molecule has 0 unspecified atom stereocenters. The van der Waals surface area contributed by atoms with Gasteiger partial charge in [0.25, 0.3) is 0 Å². The van der Waals surface area contributed by atoms with E-state index in [0.717, 1.165) is 0 Å². The Hall–Kier alpha value is -2.11. The monoisotopic (exact) mass is 279 g/mol. The Morgan fingerprint density at radius 1 is 1.40 bits per heavy atom. The van der Waals surface area contributed by atoms with Gasteiger partial charge >= 0.3 is 6.03 Å². The van der Waals surface area contributed by atoms with Crippen LogP contribution >= 0.6 is 0 Å². The minimum absolute atomic E-state index is 0.0647. The number of hydrogen-bond acceptors (Lipinski definition) is 2. The van der Waals surface area contributed by atoms with E-state index in [-0.39, 0.29) is 24.9 Å². The van der Waals surface area contributed by atoms with E-state index in [1.54, 1.807) is 17.0 Å². The molecule has 108 valence electrons. The first-order valence-corrected chi connectivity index (χ1v) is 6.67. The van der Waals surface area contributed by atoms with Crippen molar-refractivity contribution >= 4 is 17.6 Å². The van der Waals surface area contributed by atoms with E-state index in [9.17, 15) is 14.0 Å². The maximum Gasteiger partial charge on any atom is 0.323 e. The number of carbonyl (C=O) groups is 2. The molecular weight excluding hydrogens is 261 g/mol. The summed E-state index contributed by atoms with van der Waals surface area (Å²) < 4.78 is 13.6. The molecule has 5 nitrogen and oxygen atoms in total. The molecule has 1 aromatic rings. The molecule has 1 aliphatic heterocycles. The SMILES string of the molecule is CCc1ccc(NC(=O)N2CC(=O)N(CC)C2)cc1F. The van der Waals surface area contributed by atoms with Crippen molar-refractivity contribution in [2.24, 2.45) is 0 Å². The van der Waals surface area contributed by atoms with Crippen molar-refractivity contribution in [1.29, 1.82) is 0 Å². The largest absolute Gasteiger partial charge is 0.324 e. The highest BCUT2D eigenvalue weighted by Crippen LogP contribution is 2.16. The van der Waals surface area contributed by atoms with Gasteiger partial charge in [0.1, 0.15) is 12.4 Å². The van der Waals surface area contributed by atoms with Crippen LogP contribution in [0.4, 0.5) is 14.9 Å². The average molecular weight is 279 g/mol. The molecule has 3 amide bonds. The van der Waals surface area contributed by atoms with E-state index in [1.807, 2.05) is 13.8 Å². The summed E-state index contributed by atoms with van der Waals surface area (Å²) in [6.07, 6.45) is 0.603. The highest BCUT2D eigenvalue weighted by molar-refractivity contribution is 5.94. The minimum atomic E-state index is -0.391. The van der Waals surface area contributed by atoms with Crippen LogP contribution < -0.4 is 5.32 Å². The smallest absolute Gasteiger partial charge is 0.323 e. The number of nitrogens with one attached hydrogen (secondary N) is 1. The standard InChI is InChI=1S/C14H18FN3O2/c1-3-10-5-6-11(7-12(10)15)16-14(20)18-8-13(19)17(4-2)9-18/h5-7H,3-4,8-9H2,1-2H3,(H,16,20). The zero-order valence-electron chi connectivity index (χ0n) is 11.6. The lowest BCUT2D eigenvalue weighted by atomic mass is 10.1. The van der Waals surface area contributed by atoms with Crippen LogP contribution in [0.15, 0.2) is 18.2 Å². The summed E-state index contributed by atoms with van der Waals surface area (Å²) >= 11 is 0. The summed E-state index contributed by atoms with van der Waals surface area (Å²) in [4.78, 5) is 26.5. The van der Waals surface area contributed by atoms with Crippen molar-refractivity contribution < 1.29 is 14.0 Å². The Bertz CT molecular complexity index is 533. The Balaban J connectivity index is 2.02. The molecule has 0 bridgehead atoms. The van der Waals surface area contributed by atoms with Crippen LogP contribution in [-0.4, -0.2) is 41.5 Å². The molecule has 1 heterocycles. The molecule has 0 spiro atoms. The summed E-state index contributed by atoms with van der Waals surface area (Å²) in [6.45, 7) is 4.64. The van der Waals surface area contributed by atoms with Crippen molar-refractivity contribution in [3.05, 3.63) is 29.6 Å². The summed E-state index contributed by atoms with van der Waals surface area (Å²) in [5, 5.41) is 2.61. The lowest BCUT2D eigenvalue weighted by molar-refractivity contribution is -0.126. The molecule has 0 atom stereocenters. The predicted octanol–water partition coefficient (Wildman–Crippen LogP) is 2.04. The third-order valence-electron chi connectivity index (χ3n) is 3.37. The number of urea groups is 1. The molecule has 1 fully saturated rings. The quantitative estimate of drug-likeness (QED) is 0.920. The minimum Gasteiger partial charge on any atom is -0.324 e. The highest BCUT2D eigenvalue weighted by atomic mass is 19.1. The van der Waals surface area contributed by atoms with Crippen LogP contribution in [0.25, 0.3) is 0 Å². The molecule has 2 rings (SSSR count). The summed E-state index contributed by atoms with van der Waals surface area (Å²) in [7, 11) is 0. The molecule has 6 heteroatoms. The second kappa shape index (κ2) is 5.90. The second-order valence-corrected chi connectivity index (χ2v) is 4.68. The molecule has 1 aliphatic rings. The fraction of sp³-hybridized carbons (Fsp3) is 0.429. The first kappa shape index (κ1) is 14.3. The zero-order chi connectivity index (χ0) is 14.7. The number of nitrogens with zero attached hydrogens (tertiary/aromatic N) is 2. The second-order valence-electron chi connectivity index (χ2n) is 4.68. The van der Waals surface area contributed by atoms with E-state index < -0.39 is 6.03 Å². The molecule has 0 saturated carbocycles. The number of rotatable bonds is 3. The Kier molecular flexibility index (Phi) is 4.22. The van der Waals surface area contributed by atoms with Gasteiger partial charge in [0.2, 0.25) is 5.91 Å². The molecule has 0 aliphatic carbocycles. The van der Waals surface area contributed by atoms with Crippen molar-refractivity contribution in [3.63, 3.8) is 0 Å². The van der Waals surface area contributed by atoms with E-state index in [4.69, 9.17) is 0 Å². The Morgan fingerprint density at radius 3 is 2.70 bits per heavy atom. The number of benzene rings is 1. The first-order chi connectivity index (χ1) is 9.55. The molecule has 1 aromatic carbocycles. The number of hydrogen-bond donors (Lipinski definition) is 1. The predicted molar refractivity (Wildman–Crippen MR) is 73.8 cm³/mol. The topological polar surface area (TPSA) is 52.7 Å². The van der Waals surface area contributed by atoms with E-state index in [2.05, 4.69) is 5.32 Å². The third-order valence-corrected chi connectivity index (χ3v) is 3.37. The summed E-state index contributed by atoms with van der Waals surface area (Å²) in [5.74, 6) is -0.409. The van der Waals surface area contributed by atoms with Gasteiger partial charge in [-0.3, -0.25) is 9.69 Å². The number of halogens is 1. The van der Waals surface area contributed by atoms with Gasteiger partial charge in [0.05, 0.1) is 6.67 Å². The molecule has 1 N–H and O–H groups in total. The number of anilines is 1. The van der Waals surface area contributed by atoms with Crippen LogP contribution in [0.3, 0.4) is 0 Å². The van der Waals surface area contributed by atoms with Crippen molar-refractivity contribution in [2.75, 3.05) is 25.1 Å².